The van der Waals surface area contributed by atoms with Crippen molar-refractivity contribution in [2.45, 2.75) is 0 Å². The number of aromatic nitrogens is 2. The van der Waals surface area contributed by atoms with Crippen molar-refractivity contribution in [3.63, 3.8) is 0 Å². The maximum absolute atomic E-state index is 6.34. The third-order valence-electron chi connectivity index (χ3n) is 10.0. The third kappa shape index (κ3) is 4.38. The van der Waals surface area contributed by atoms with Gasteiger partial charge in [-0.25, -0.2) is 0 Å². The van der Waals surface area contributed by atoms with E-state index in [9.17, 15) is 0 Å². The minimum atomic E-state index is 0.786. The summed E-state index contributed by atoms with van der Waals surface area (Å²) in [4.78, 5) is 11.6. The Labute approximate surface area is 296 Å². The first-order chi connectivity index (χ1) is 25.8. The van der Waals surface area contributed by atoms with Crippen LogP contribution in [0.5, 0.6) is 0 Å². The number of rotatable bonds is 5. The monoisotopic (exact) mass is 669 g/mol. The van der Waals surface area contributed by atoms with E-state index >= 15 is 0 Å². The lowest BCUT2D eigenvalue weighted by molar-refractivity contribution is 0.668. The molecular weight excluding hydrogens is 643 g/mol. The molecule has 5 heterocycles. The summed E-state index contributed by atoms with van der Waals surface area (Å²) in [7, 11) is 0. The highest BCUT2D eigenvalue weighted by Gasteiger charge is 2.19. The molecule has 0 radical (unpaired) electrons. The maximum Gasteiger partial charge on any atom is 0.161 e. The fraction of sp³-hybridized carbons (Fsp3) is 0. The Morgan fingerprint density at radius 3 is 1.35 bits per heavy atom. The van der Waals surface area contributed by atoms with Crippen molar-refractivity contribution in [3.05, 3.63) is 164 Å². The second-order valence-corrected chi connectivity index (χ2v) is 13.0. The van der Waals surface area contributed by atoms with Gasteiger partial charge in [-0.3, -0.25) is 9.97 Å². The highest BCUT2D eigenvalue weighted by Crippen LogP contribution is 2.42. The van der Waals surface area contributed by atoms with Gasteiger partial charge in [0.1, 0.15) is 33.4 Å². The summed E-state index contributed by atoms with van der Waals surface area (Å²) >= 11 is 0. The van der Waals surface area contributed by atoms with E-state index < -0.39 is 0 Å². The van der Waals surface area contributed by atoms with Crippen LogP contribution in [-0.2, 0) is 0 Å². The second-order valence-electron chi connectivity index (χ2n) is 13.0. The molecule has 0 aliphatic rings. The van der Waals surface area contributed by atoms with Crippen LogP contribution in [-0.4, -0.2) is 9.97 Å². The predicted octanol–water partition coefficient (Wildman–Crippen LogP) is 13.0. The molecule has 0 bridgehead atoms. The van der Waals surface area contributed by atoms with Crippen LogP contribution >= 0.6 is 0 Å². The highest BCUT2D eigenvalue weighted by atomic mass is 16.3. The number of hydrogen-bond donors (Lipinski definition) is 0. The molecule has 11 aromatic rings. The molecule has 0 N–H and O–H groups in total. The zero-order valence-electron chi connectivity index (χ0n) is 27.7. The lowest BCUT2D eigenvalue weighted by Gasteiger charge is -2.26. The minimum Gasteiger partial charge on any atom is -0.456 e. The van der Waals surface area contributed by atoms with Crippen molar-refractivity contribution < 1.29 is 13.3 Å². The molecule has 0 unspecified atom stereocenters. The van der Waals surface area contributed by atoms with Gasteiger partial charge >= 0.3 is 0 Å². The molecule has 6 aromatic carbocycles. The van der Waals surface area contributed by atoms with Gasteiger partial charge in [-0.15, -0.1) is 0 Å². The van der Waals surface area contributed by atoms with Gasteiger partial charge in [0.25, 0.3) is 0 Å². The van der Waals surface area contributed by atoms with Gasteiger partial charge in [0.15, 0.2) is 11.2 Å². The van der Waals surface area contributed by atoms with Crippen molar-refractivity contribution in [1.82, 2.24) is 9.97 Å². The molecule has 0 fully saturated rings. The summed E-state index contributed by atoms with van der Waals surface area (Å²) in [5.41, 5.74) is 13.8. The molecule has 0 amide bonds. The molecule has 0 spiro atoms. The smallest absolute Gasteiger partial charge is 0.161 e. The lowest BCUT2D eigenvalue weighted by atomic mass is 10.0. The van der Waals surface area contributed by atoms with E-state index in [1.165, 1.54) is 0 Å². The second kappa shape index (κ2) is 11.2. The van der Waals surface area contributed by atoms with Crippen LogP contribution in [0.4, 0.5) is 17.1 Å². The number of hydrogen-bond acceptors (Lipinski definition) is 6. The van der Waals surface area contributed by atoms with Crippen LogP contribution in [0, 0.1) is 0 Å². The first kappa shape index (κ1) is 28.6. The van der Waals surface area contributed by atoms with Crippen molar-refractivity contribution in [3.8, 4) is 22.3 Å². The van der Waals surface area contributed by atoms with Gasteiger partial charge in [-0.2, -0.15) is 0 Å². The average Bonchev–Trinajstić information content (AvgIpc) is 3.90. The molecule has 52 heavy (non-hydrogen) atoms. The zero-order chi connectivity index (χ0) is 34.2. The topological polar surface area (TPSA) is 68.4 Å². The first-order valence-electron chi connectivity index (χ1n) is 17.2. The molecule has 0 saturated carbocycles. The van der Waals surface area contributed by atoms with Crippen LogP contribution in [0.25, 0.3) is 88.3 Å². The van der Waals surface area contributed by atoms with Crippen molar-refractivity contribution >= 4 is 83.1 Å². The molecule has 0 aliphatic heterocycles. The summed E-state index contributed by atoms with van der Waals surface area (Å²) in [5, 5.41) is 4.22. The number of furan rings is 3. The highest BCUT2D eigenvalue weighted by molar-refractivity contribution is 6.09. The van der Waals surface area contributed by atoms with Crippen LogP contribution in [0.2, 0.25) is 0 Å². The van der Waals surface area contributed by atoms with Gasteiger partial charge in [0, 0.05) is 68.2 Å². The molecule has 0 aliphatic carbocycles. The maximum atomic E-state index is 6.34. The Hall–Kier alpha value is -7.18. The van der Waals surface area contributed by atoms with Gasteiger partial charge in [-0.05, 0) is 90.0 Å². The molecule has 244 valence electrons. The Kier molecular flexibility index (Phi) is 6.15. The number of nitrogens with zero attached hydrogens (tertiary/aromatic N) is 3. The van der Waals surface area contributed by atoms with E-state index in [1.807, 2.05) is 79.1 Å². The molecule has 0 atom stereocenters. The fourth-order valence-corrected chi connectivity index (χ4v) is 7.54. The van der Waals surface area contributed by atoms with Gasteiger partial charge < -0.3 is 18.2 Å². The number of pyridine rings is 2. The summed E-state index contributed by atoms with van der Waals surface area (Å²) in [6.45, 7) is 0. The summed E-state index contributed by atoms with van der Waals surface area (Å²) in [6, 6.07) is 51.9. The molecule has 11 rings (SSSR count). The van der Waals surface area contributed by atoms with Gasteiger partial charge in [0.2, 0.25) is 0 Å². The Bertz CT molecular complexity index is 2980. The van der Waals surface area contributed by atoms with Gasteiger partial charge in [0.05, 0.1) is 0 Å². The van der Waals surface area contributed by atoms with E-state index in [0.29, 0.717) is 0 Å². The molecule has 6 nitrogen and oxygen atoms in total. The van der Waals surface area contributed by atoms with E-state index in [-0.39, 0.29) is 0 Å². The average molecular weight is 670 g/mol. The van der Waals surface area contributed by atoms with Crippen LogP contribution in [0.15, 0.2) is 177 Å². The predicted molar refractivity (Wildman–Crippen MR) is 209 cm³/mol. The summed E-state index contributed by atoms with van der Waals surface area (Å²) in [5.74, 6) is 0. The van der Waals surface area contributed by atoms with E-state index in [2.05, 4.69) is 99.8 Å². The van der Waals surface area contributed by atoms with Crippen LogP contribution < -0.4 is 4.90 Å². The molecule has 0 saturated heterocycles. The van der Waals surface area contributed by atoms with Crippen LogP contribution in [0.3, 0.4) is 0 Å². The largest absolute Gasteiger partial charge is 0.456 e. The Morgan fingerprint density at radius 2 is 0.808 bits per heavy atom. The Morgan fingerprint density at radius 1 is 0.365 bits per heavy atom. The fourth-order valence-electron chi connectivity index (χ4n) is 7.54. The standard InChI is InChI=1S/C46H27N3O3/c1-4-10-39-35(7-1)36-22-21-32(27-42(36)50-39)49(30-17-13-28(14-18-30)33-23-25-47-43-37-8-2-5-11-40(37)51-45(33)43)31-19-15-29(16-20-31)34-24-26-48-44-38-9-3-6-12-41(38)52-46(34)44/h1-27H. The van der Waals surface area contributed by atoms with Crippen molar-refractivity contribution in [2.75, 3.05) is 4.90 Å². The molecular formula is C46H27N3O3. The zero-order valence-corrected chi connectivity index (χ0v) is 27.7. The first-order valence-corrected chi connectivity index (χ1v) is 17.2. The van der Waals surface area contributed by atoms with E-state index in [0.717, 1.165) is 105 Å². The Balaban J connectivity index is 1.03. The number of fused-ring (bicyclic) bond motifs is 9. The SMILES string of the molecule is c1ccc2c(c1)oc1cc(N(c3ccc(-c4ccnc5c4oc4ccccc45)cc3)c3ccc(-c4ccnc5c4oc4ccccc45)cc3)ccc12. The van der Waals surface area contributed by atoms with Gasteiger partial charge in [-0.1, -0.05) is 66.7 Å². The third-order valence-corrected chi connectivity index (χ3v) is 10.0. The normalized spacial score (nSPS) is 11.8. The van der Waals surface area contributed by atoms with E-state index in [1.54, 1.807) is 0 Å². The van der Waals surface area contributed by atoms with Crippen molar-refractivity contribution in [1.29, 1.82) is 0 Å². The van der Waals surface area contributed by atoms with Crippen LogP contribution in [0.1, 0.15) is 0 Å². The molecule has 5 aromatic heterocycles. The number of anilines is 3. The summed E-state index contributed by atoms with van der Waals surface area (Å²) in [6.07, 6.45) is 3.71. The van der Waals surface area contributed by atoms with E-state index in [4.69, 9.17) is 13.3 Å². The minimum absolute atomic E-state index is 0.786. The van der Waals surface area contributed by atoms with Crippen molar-refractivity contribution in [2.24, 2.45) is 0 Å². The lowest BCUT2D eigenvalue weighted by Crippen LogP contribution is -2.09. The quantitative estimate of drug-likeness (QED) is 0.182. The molecule has 6 heteroatoms. The number of benzene rings is 6. The number of para-hydroxylation sites is 3. The summed E-state index contributed by atoms with van der Waals surface area (Å²) < 4.78 is 19.0.